The first-order valence-corrected chi connectivity index (χ1v) is 10.0. The van der Waals surface area contributed by atoms with E-state index in [0.29, 0.717) is 16.9 Å². The molecule has 7 heteroatoms. The van der Waals surface area contributed by atoms with Crippen molar-refractivity contribution in [2.45, 2.75) is 6.42 Å². The molecule has 0 aliphatic rings. The number of aromatic nitrogens is 2. The van der Waals surface area contributed by atoms with E-state index < -0.39 is 0 Å². The molecule has 0 radical (unpaired) electrons. The van der Waals surface area contributed by atoms with E-state index in [-0.39, 0.29) is 18.0 Å². The molecule has 5 N–H and O–H groups in total. The molecule has 0 atom stereocenters. The van der Waals surface area contributed by atoms with Crippen LogP contribution in [-0.4, -0.2) is 28.7 Å². The van der Waals surface area contributed by atoms with Gasteiger partial charge in [0.2, 0.25) is 5.91 Å². The Kier molecular flexibility index (Phi) is 5.98. The molecule has 0 spiro atoms. The third-order valence-corrected chi connectivity index (χ3v) is 5.08. The number of benzene rings is 2. The van der Waals surface area contributed by atoms with Crippen molar-refractivity contribution in [1.29, 1.82) is 5.41 Å². The van der Waals surface area contributed by atoms with Gasteiger partial charge in [-0.15, -0.1) is 0 Å². The maximum Gasteiger partial charge on any atom is 0.228 e. The standard InChI is InChI=1S/C25H23N5O2/c1-32-19-6-9-24-20(13-19)17(15-29-24)11-25(31)30-18-5-8-23(27)21(12-18)22(26)7-4-16-3-2-10-28-14-16/h2-10,12-15,26,29H,11,27H2,1H3,(H,30,31)/b7-4+,26-22?. The Morgan fingerprint density at radius 1 is 1.25 bits per heavy atom. The molecule has 4 aromatic rings. The van der Waals surface area contributed by atoms with Crippen LogP contribution in [0.1, 0.15) is 16.7 Å². The summed E-state index contributed by atoms with van der Waals surface area (Å²) in [6.45, 7) is 0. The molecule has 0 unspecified atom stereocenters. The molecule has 2 heterocycles. The normalized spacial score (nSPS) is 11.0. The van der Waals surface area contributed by atoms with Gasteiger partial charge in [-0.2, -0.15) is 0 Å². The highest BCUT2D eigenvalue weighted by Crippen LogP contribution is 2.25. The molecule has 0 saturated carbocycles. The Labute approximate surface area is 185 Å². The number of nitrogens with one attached hydrogen (secondary N) is 3. The van der Waals surface area contributed by atoms with Gasteiger partial charge in [0.1, 0.15) is 5.75 Å². The maximum atomic E-state index is 12.7. The molecule has 0 aliphatic heterocycles. The summed E-state index contributed by atoms with van der Waals surface area (Å²) in [5, 5.41) is 12.2. The number of methoxy groups -OCH3 is 1. The van der Waals surface area contributed by atoms with Crippen molar-refractivity contribution in [2.24, 2.45) is 0 Å². The van der Waals surface area contributed by atoms with Gasteiger partial charge in [-0.3, -0.25) is 9.78 Å². The monoisotopic (exact) mass is 425 g/mol. The summed E-state index contributed by atoms with van der Waals surface area (Å²) in [4.78, 5) is 19.9. The van der Waals surface area contributed by atoms with Gasteiger partial charge in [0.25, 0.3) is 0 Å². The number of anilines is 2. The molecular weight excluding hydrogens is 402 g/mol. The molecule has 0 bridgehead atoms. The van der Waals surface area contributed by atoms with E-state index >= 15 is 0 Å². The summed E-state index contributed by atoms with van der Waals surface area (Å²) in [5.41, 5.74) is 10.6. The van der Waals surface area contributed by atoms with Gasteiger partial charge in [-0.1, -0.05) is 12.1 Å². The Hall–Kier alpha value is -4.39. The summed E-state index contributed by atoms with van der Waals surface area (Å²) < 4.78 is 5.29. The number of pyridine rings is 1. The number of carbonyl (C=O) groups is 1. The lowest BCUT2D eigenvalue weighted by Crippen LogP contribution is -2.15. The smallest absolute Gasteiger partial charge is 0.228 e. The quantitative estimate of drug-likeness (QED) is 0.259. The van der Waals surface area contributed by atoms with Crippen molar-refractivity contribution in [3.8, 4) is 5.75 Å². The van der Waals surface area contributed by atoms with Crippen molar-refractivity contribution >= 4 is 40.0 Å². The Morgan fingerprint density at radius 3 is 2.91 bits per heavy atom. The number of hydrogen-bond donors (Lipinski definition) is 4. The fourth-order valence-corrected chi connectivity index (χ4v) is 3.42. The summed E-state index contributed by atoms with van der Waals surface area (Å²) >= 11 is 0. The Balaban J connectivity index is 1.48. The van der Waals surface area contributed by atoms with Crippen LogP contribution in [0.15, 0.2) is 73.2 Å². The molecule has 32 heavy (non-hydrogen) atoms. The van der Waals surface area contributed by atoms with Gasteiger partial charge in [-0.05, 0) is 59.7 Å². The van der Waals surface area contributed by atoms with Crippen LogP contribution in [0.4, 0.5) is 11.4 Å². The average Bonchev–Trinajstić information content (AvgIpc) is 3.21. The van der Waals surface area contributed by atoms with Gasteiger partial charge in [-0.25, -0.2) is 0 Å². The molecule has 0 saturated heterocycles. The molecule has 7 nitrogen and oxygen atoms in total. The lowest BCUT2D eigenvalue weighted by Gasteiger charge is -2.10. The number of fused-ring (bicyclic) bond motifs is 1. The van der Waals surface area contributed by atoms with Crippen LogP contribution in [-0.2, 0) is 11.2 Å². The summed E-state index contributed by atoms with van der Waals surface area (Å²) in [5.74, 6) is 0.571. The van der Waals surface area contributed by atoms with Gasteiger partial charge < -0.3 is 26.2 Å². The zero-order chi connectivity index (χ0) is 22.5. The molecule has 0 fully saturated rings. The summed E-state index contributed by atoms with van der Waals surface area (Å²) in [7, 11) is 1.61. The molecule has 160 valence electrons. The largest absolute Gasteiger partial charge is 0.497 e. The van der Waals surface area contributed by atoms with E-state index in [1.54, 1.807) is 49.9 Å². The van der Waals surface area contributed by atoms with Crippen molar-refractivity contribution in [1.82, 2.24) is 9.97 Å². The lowest BCUT2D eigenvalue weighted by atomic mass is 10.1. The average molecular weight is 425 g/mol. The molecule has 4 rings (SSSR count). The van der Waals surface area contributed by atoms with E-state index in [0.717, 1.165) is 27.8 Å². The number of aromatic amines is 1. The Morgan fingerprint density at radius 2 is 2.12 bits per heavy atom. The second-order valence-electron chi connectivity index (χ2n) is 7.29. The number of nitrogen functional groups attached to an aromatic ring is 1. The van der Waals surface area contributed by atoms with Crippen molar-refractivity contribution in [3.05, 3.63) is 89.9 Å². The van der Waals surface area contributed by atoms with E-state index in [1.807, 2.05) is 36.5 Å². The van der Waals surface area contributed by atoms with Gasteiger partial charge in [0, 0.05) is 46.4 Å². The predicted octanol–water partition coefficient (Wildman–Crippen LogP) is 4.42. The van der Waals surface area contributed by atoms with Crippen LogP contribution >= 0.6 is 0 Å². The molecule has 0 aliphatic carbocycles. The number of amides is 1. The molecule has 2 aromatic carbocycles. The second kappa shape index (κ2) is 9.18. The highest BCUT2D eigenvalue weighted by Gasteiger charge is 2.12. The number of carbonyl (C=O) groups excluding carboxylic acids is 1. The lowest BCUT2D eigenvalue weighted by molar-refractivity contribution is -0.115. The van der Waals surface area contributed by atoms with E-state index in [2.05, 4.69) is 15.3 Å². The van der Waals surface area contributed by atoms with E-state index in [9.17, 15) is 4.79 Å². The zero-order valence-corrected chi connectivity index (χ0v) is 17.6. The fourth-order valence-electron chi connectivity index (χ4n) is 3.42. The van der Waals surface area contributed by atoms with Crippen LogP contribution in [0.2, 0.25) is 0 Å². The molecular formula is C25H23N5O2. The first-order chi connectivity index (χ1) is 15.5. The van der Waals surface area contributed by atoms with Crippen LogP contribution in [0.3, 0.4) is 0 Å². The van der Waals surface area contributed by atoms with Gasteiger partial charge in [0.15, 0.2) is 0 Å². The highest BCUT2D eigenvalue weighted by atomic mass is 16.5. The third kappa shape index (κ3) is 4.67. The minimum absolute atomic E-state index is 0.165. The van der Waals surface area contributed by atoms with Crippen molar-refractivity contribution in [3.63, 3.8) is 0 Å². The highest BCUT2D eigenvalue weighted by molar-refractivity contribution is 6.12. The van der Waals surface area contributed by atoms with Gasteiger partial charge in [0.05, 0.1) is 19.2 Å². The van der Waals surface area contributed by atoms with Crippen LogP contribution in [0.5, 0.6) is 5.75 Å². The number of rotatable bonds is 7. The van der Waals surface area contributed by atoms with Crippen molar-refractivity contribution in [2.75, 3.05) is 18.2 Å². The Bertz CT molecular complexity index is 1310. The fraction of sp³-hybridized carbons (Fsp3) is 0.0800. The summed E-state index contributed by atoms with van der Waals surface area (Å²) in [6, 6.07) is 14.6. The second-order valence-corrected chi connectivity index (χ2v) is 7.29. The number of H-pyrrole nitrogens is 1. The molecule has 2 aromatic heterocycles. The van der Waals surface area contributed by atoms with Crippen LogP contribution in [0.25, 0.3) is 17.0 Å². The number of allylic oxidation sites excluding steroid dienone is 1. The minimum Gasteiger partial charge on any atom is -0.497 e. The summed E-state index contributed by atoms with van der Waals surface area (Å²) in [6.07, 6.45) is 8.89. The van der Waals surface area contributed by atoms with Crippen LogP contribution < -0.4 is 15.8 Å². The first kappa shape index (κ1) is 20.9. The first-order valence-electron chi connectivity index (χ1n) is 10.0. The minimum atomic E-state index is -0.165. The van der Waals surface area contributed by atoms with E-state index in [1.165, 1.54) is 0 Å². The van der Waals surface area contributed by atoms with E-state index in [4.69, 9.17) is 15.9 Å². The topological polar surface area (TPSA) is 117 Å². The van der Waals surface area contributed by atoms with Crippen molar-refractivity contribution < 1.29 is 9.53 Å². The van der Waals surface area contributed by atoms with Gasteiger partial charge >= 0.3 is 0 Å². The number of ether oxygens (including phenoxy) is 1. The molecule has 1 amide bonds. The van der Waals surface area contributed by atoms with Crippen LogP contribution in [0, 0.1) is 5.41 Å². The maximum absolute atomic E-state index is 12.7. The number of nitrogens with zero attached hydrogens (tertiary/aromatic N) is 1. The zero-order valence-electron chi connectivity index (χ0n) is 17.6. The predicted molar refractivity (Wildman–Crippen MR) is 128 cm³/mol. The number of hydrogen-bond acceptors (Lipinski definition) is 5. The number of nitrogens with two attached hydrogens (primary N) is 1. The SMILES string of the molecule is COc1ccc2[nH]cc(CC(=O)Nc3ccc(N)c(C(=N)/C=C/c4cccnc4)c3)c2c1. The third-order valence-electron chi connectivity index (χ3n) is 5.08.